The molecular formula is C38H45N5O6. The van der Waals surface area contributed by atoms with Crippen LogP contribution in [0.3, 0.4) is 0 Å². The number of hydrogen-bond acceptors (Lipinski definition) is 6. The van der Waals surface area contributed by atoms with E-state index in [4.69, 9.17) is 0 Å². The summed E-state index contributed by atoms with van der Waals surface area (Å²) < 4.78 is 0. The zero-order chi connectivity index (χ0) is 35.0. The summed E-state index contributed by atoms with van der Waals surface area (Å²) in [5, 5.41) is 27.8. The third kappa shape index (κ3) is 12.3. The molecule has 1 aromatic heterocycles. The maximum absolute atomic E-state index is 13.8. The SMILES string of the molecule is CCCCCc1ccc(CCC(=O)N[C@H](Cc2cnc[nH]2)C(=O)N[C@@H](Cc2ccc(O)cc2)C(=O)N[C@@H](Cc2ccccc2)C(=O)O)cc1. The van der Waals surface area contributed by atoms with Crippen LogP contribution in [0.5, 0.6) is 5.75 Å². The molecule has 0 saturated carbocycles. The van der Waals surface area contributed by atoms with Crippen molar-refractivity contribution in [2.75, 3.05) is 0 Å². The fraction of sp³-hybridized carbons (Fsp3) is 0.342. The third-order valence-electron chi connectivity index (χ3n) is 8.27. The van der Waals surface area contributed by atoms with Gasteiger partial charge < -0.3 is 31.1 Å². The third-order valence-corrected chi connectivity index (χ3v) is 8.27. The van der Waals surface area contributed by atoms with Gasteiger partial charge in [-0.1, -0.05) is 86.5 Å². The average Bonchev–Trinajstić information content (AvgIpc) is 3.61. The summed E-state index contributed by atoms with van der Waals surface area (Å²) >= 11 is 0. The van der Waals surface area contributed by atoms with Crippen LogP contribution in [-0.2, 0) is 51.3 Å². The molecule has 4 rings (SSSR count). The molecule has 11 heteroatoms. The van der Waals surface area contributed by atoms with E-state index in [2.05, 4.69) is 45.0 Å². The number of amides is 3. The number of aromatic hydroxyl groups is 1. The fourth-order valence-corrected chi connectivity index (χ4v) is 5.47. The second-order valence-corrected chi connectivity index (χ2v) is 12.2. The Bertz CT molecular complexity index is 1630. The molecule has 0 aliphatic carbocycles. The Morgan fingerprint density at radius 3 is 1.88 bits per heavy atom. The molecule has 4 aromatic rings. The Morgan fingerprint density at radius 1 is 0.694 bits per heavy atom. The van der Waals surface area contributed by atoms with Gasteiger partial charge in [0.2, 0.25) is 17.7 Å². The number of carboxylic acids is 1. The van der Waals surface area contributed by atoms with Gasteiger partial charge in [0, 0.05) is 37.6 Å². The average molecular weight is 668 g/mol. The highest BCUT2D eigenvalue weighted by Gasteiger charge is 2.30. The number of aromatic amines is 1. The van der Waals surface area contributed by atoms with Crippen LogP contribution in [-0.4, -0.2) is 62.0 Å². The first-order valence-corrected chi connectivity index (χ1v) is 16.7. The number of unbranched alkanes of at least 4 members (excludes halogenated alkanes) is 2. The Labute approximate surface area is 286 Å². The largest absolute Gasteiger partial charge is 0.508 e. The number of hydrogen-bond donors (Lipinski definition) is 6. The topological polar surface area (TPSA) is 174 Å². The van der Waals surface area contributed by atoms with Crippen LogP contribution in [0.15, 0.2) is 91.4 Å². The number of aryl methyl sites for hydroxylation is 2. The molecular weight excluding hydrogens is 622 g/mol. The molecule has 11 nitrogen and oxygen atoms in total. The monoisotopic (exact) mass is 667 g/mol. The summed E-state index contributed by atoms with van der Waals surface area (Å²) in [6.07, 6.45) is 8.32. The van der Waals surface area contributed by atoms with Gasteiger partial charge in [0.05, 0.1) is 6.33 Å². The van der Waals surface area contributed by atoms with Crippen molar-refractivity contribution in [3.8, 4) is 5.75 Å². The van der Waals surface area contributed by atoms with Crippen molar-refractivity contribution in [3.63, 3.8) is 0 Å². The summed E-state index contributed by atoms with van der Waals surface area (Å²) in [6, 6.07) is 19.8. The van der Waals surface area contributed by atoms with E-state index < -0.39 is 35.9 Å². The number of phenols is 1. The smallest absolute Gasteiger partial charge is 0.326 e. The van der Waals surface area contributed by atoms with Crippen molar-refractivity contribution >= 4 is 23.7 Å². The highest BCUT2D eigenvalue weighted by Crippen LogP contribution is 2.14. The Kier molecular flexibility index (Phi) is 13.9. The lowest BCUT2D eigenvalue weighted by molar-refractivity contribution is -0.142. The van der Waals surface area contributed by atoms with Gasteiger partial charge in [-0.3, -0.25) is 14.4 Å². The molecule has 0 fully saturated rings. The highest BCUT2D eigenvalue weighted by atomic mass is 16.4. The van der Waals surface area contributed by atoms with Crippen LogP contribution in [0.2, 0.25) is 0 Å². The number of aromatic nitrogens is 2. The number of aliphatic carboxylic acids is 1. The molecule has 6 N–H and O–H groups in total. The summed E-state index contributed by atoms with van der Waals surface area (Å²) in [5.41, 5.74) is 4.22. The number of carbonyl (C=O) groups excluding carboxylic acids is 3. The second kappa shape index (κ2) is 18.8. The number of imidazole rings is 1. The molecule has 0 aliphatic heterocycles. The van der Waals surface area contributed by atoms with Gasteiger partial charge in [0.1, 0.15) is 23.9 Å². The van der Waals surface area contributed by atoms with Gasteiger partial charge in [-0.05, 0) is 53.6 Å². The lowest BCUT2D eigenvalue weighted by Gasteiger charge is -2.25. The van der Waals surface area contributed by atoms with Crippen molar-refractivity contribution < 1.29 is 29.4 Å². The van der Waals surface area contributed by atoms with Crippen molar-refractivity contribution in [1.82, 2.24) is 25.9 Å². The van der Waals surface area contributed by atoms with Crippen LogP contribution in [0.1, 0.15) is 60.6 Å². The number of benzene rings is 3. The number of H-pyrrole nitrogens is 1. The summed E-state index contributed by atoms with van der Waals surface area (Å²) in [7, 11) is 0. The zero-order valence-electron chi connectivity index (χ0n) is 27.7. The van der Waals surface area contributed by atoms with E-state index >= 15 is 0 Å². The molecule has 3 amide bonds. The minimum Gasteiger partial charge on any atom is -0.508 e. The predicted molar refractivity (Wildman–Crippen MR) is 186 cm³/mol. The minimum absolute atomic E-state index is 0.00862. The highest BCUT2D eigenvalue weighted by molar-refractivity contribution is 5.93. The van der Waals surface area contributed by atoms with Crippen LogP contribution >= 0.6 is 0 Å². The van der Waals surface area contributed by atoms with Gasteiger partial charge in [-0.15, -0.1) is 0 Å². The second-order valence-electron chi connectivity index (χ2n) is 12.2. The number of rotatable bonds is 19. The summed E-state index contributed by atoms with van der Waals surface area (Å²) in [4.78, 5) is 59.7. The molecule has 3 aromatic carbocycles. The maximum Gasteiger partial charge on any atom is 0.326 e. The summed E-state index contributed by atoms with van der Waals surface area (Å²) in [5.74, 6) is -2.84. The minimum atomic E-state index is -1.25. The summed E-state index contributed by atoms with van der Waals surface area (Å²) in [6.45, 7) is 2.18. The van der Waals surface area contributed by atoms with E-state index in [1.807, 2.05) is 18.2 Å². The van der Waals surface area contributed by atoms with Crippen molar-refractivity contribution in [3.05, 3.63) is 119 Å². The quantitative estimate of drug-likeness (QED) is 0.0819. The number of carbonyl (C=O) groups is 4. The number of carboxylic acid groups (broad SMARTS) is 1. The molecule has 0 spiro atoms. The number of nitrogens with one attached hydrogen (secondary N) is 4. The van der Waals surface area contributed by atoms with Crippen LogP contribution in [0, 0.1) is 0 Å². The molecule has 0 bridgehead atoms. The molecule has 49 heavy (non-hydrogen) atoms. The van der Waals surface area contributed by atoms with Crippen molar-refractivity contribution in [2.24, 2.45) is 0 Å². The van der Waals surface area contributed by atoms with Crippen molar-refractivity contribution in [1.29, 1.82) is 0 Å². The molecule has 0 radical (unpaired) electrons. The Morgan fingerprint density at radius 2 is 1.27 bits per heavy atom. The Balaban J connectivity index is 1.46. The van der Waals surface area contributed by atoms with Crippen molar-refractivity contribution in [2.45, 2.75) is 82.8 Å². The zero-order valence-corrected chi connectivity index (χ0v) is 27.7. The van der Waals surface area contributed by atoms with Crippen LogP contribution in [0.25, 0.3) is 0 Å². The van der Waals surface area contributed by atoms with E-state index in [0.717, 1.165) is 24.0 Å². The lowest BCUT2D eigenvalue weighted by Crippen LogP contribution is -2.57. The molecule has 258 valence electrons. The first-order chi connectivity index (χ1) is 23.7. The van der Waals surface area contributed by atoms with Gasteiger partial charge in [-0.25, -0.2) is 9.78 Å². The first-order valence-electron chi connectivity index (χ1n) is 16.7. The maximum atomic E-state index is 13.8. The van der Waals surface area contributed by atoms with Crippen LogP contribution < -0.4 is 16.0 Å². The van der Waals surface area contributed by atoms with Gasteiger partial charge in [-0.2, -0.15) is 0 Å². The van der Waals surface area contributed by atoms with Gasteiger partial charge in [0.25, 0.3) is 0 Å². The van der Waals surface area contributed by atoms with E-state index in [0.29, 0.717) is 17.7 Å². The van der Waals surface area contributed by atoms with Gasteiger partial charge >= 0.3 is 5.97 Å². The molecule has 3 atom stereocenters. The molecule has 0 unspecified atom stereocenters. The fourth-order valence-electron chi connectivity index (χ4n) is 5.47. The molecule has 0 aliphatic rings. The van der Waals surface area contributed by atoms with Crippen LogP contribution in [0.4, 0.5) is 0 Å². The lowest BCUT2D eigenvalue weighted by atomic mass is 10.0. The van der Waals surface area contributed by atoms with E-state index in [1.165, 1.54) is 36.9 Å². The van der Waals surface area contributed by atoms with Gasteiger partial charge in [0.15, 0.2) is 0 Å². The molecule has 0 saturated heterocycles. The normalized spacial score (nSPS) is 12.8. The van der Waals surface area contributed by atoms with E-state index in [-0.39, 0.29) is 37.3 Å². The van der Waals surface area contributed by atoms with E-state index in [9.17, 15) is 29.4 Å². The number of nitrogens with zero attached hydrogens (tertiary/aromatic N) is 1. The first kappa shape index (κ1) is 36.4. The van der Waals surface area contributed by atoms with E-state index in [1.54, 1.807) is 42.6 Å². The molecule has 1 heterocycles. The number of phenolic OH excluding ortho intramolecular Hbond substituents is 1. The standard InChI is InChI=1S/C38H45N5O6/c1-2-3-5-8-26-11-13-27(14-12-26)17-20-35(45)41-33(23-30-24-39-25-40-30)37(47)42-32(21-29-15-18-31(44)19-16-29)36(46)43-34(38(48)49)22-28-9-6-4-7-10-28/h4,6-7,9-16,18-19,24-25,32-34,44H,2-3,5,8,17,20-23H2,1H3,(H,39,40)(H,41,45)(H,42,47)(H,43,46)(H,48,49)/t32-,33+,34-/m0/s1. The predicted octanol–water partition coefficient (Wildman–Crippen LogP) is 4.05. The Hall–Kier alpha value is -5.45.